The Bertz CT molecular complexity index is 750. The molecule has 2 aromatic heterocycles. The average molecular weight is 296 g/mol. The Morgan fingerprint density at radius 2 is 2.32 bits per heavy atom. The minimum Gasteiger partial charge on any atom is -0.619 e. The van der Waals surface area contributed by atoms with Crippen molar-refractivity contribution < 1.29 is 14.3 Å². The van der Waals surface area contributed by atoms with Gasteiger partial charge in [0.15, 0.2) is 12.4 Å². The molecule has 0 spiro atoms. The van der Waals surface area contributed by atoms with E-state index in [0.717, 1.165) is 0 Å². The molecular weight excluding hydrogens is 284 g/mol. The Kier molecular flexibility index (Phi) is 3.58. The minimum atomic E-state index is -0.205. The molecule has 0 aromatic carbocycles. The van der Waals surface area contributed by atoms with Crippen LogP contribution in [0.25, 0.3) is 0 Å². The Morgan fingerprint density at radius 3 is 3.05 bits per heavy atom. The summed E-state index contributed by atoms with van der Waals surface area (Å²) in [6, 6.07) is 8.30. The van der Waals surface area contributed by atoms with Crippen molar-refractivity contribution >= 4 is 5.91 Å². The predicted octanol–water partition coefficient (Wildman–Crippen LogP) is 0.490. The summed E-state index contributed by atoms with van der Waals surface area (Å²) in [5.74, 6) is 0.164. The molecule has 2 aromatic rings. The van der Waals surface area contributed by atoms with E-state index < -0.39 is 0 Å². The maximum Gasteiger partial charge on any atom is 0.260 e. The Labute approximate surface area is 126 Å². The Balaban J connectivity index is 1.58. The summed E-state index contributed by atoms with van der Waals surface area (Å²) in [5.41, 5.74) is 0.821. The van der Waals surface area contributed by atoms with Gasteiger partial charge in [0, 0.05) is 18.3 Å². The number of hydrogen-bond acceptors (Lipinski definition) is 5. The first-order chi connectivity index (χ1) is 10.7. The molecule has 0 radical (unpaired) electrons. The highest BCUT2D eigenvalue weighted by atomic mass is 16.5. The average Bonchev–Trinajstić information content (AvgIpc) is 2.50. The van der Waals surface area contributed by atoms with Crippen molar-refractivity contribution in [2.24, 2.45) is 0 Å². The van der Waals surface area contributed by atoms with E-state index in [-0.39, 0.29) is 12.0 Å². The highest BCUT2D eigenvalue weighted by Crippen LogP contribution is 2.18. The first-order valence-corrected chi connectivity index (χ1v) is 6.66. The summed E-state index contributed by atoms with van der Waals surface area (Å²) in [6.45, 7) is 0.843. The molecule has 110 valence electrons. The molecule has 3 rings (SSSR count). The molecule has 0 atom stereocenters. The normalized spacial score (nSPS) is 14.0. The Hall–Kier alpha value is -3.14. The van der Waals surface area contributed by atoms with E-state index in [1.54, 1.807) is 23.1 Å². The van der Waals surface area contributed by atoms with Crippen LogP contribution in [-0.2, 0) is 0 Å². The number of hydrogen-bond donors (Lipinski definition) is 0. The first kappa shape index (κ1) is 13.8. The largest absolute Gasteiger partial charge is 0.619 e. The number of carbonyl (C=O) groups excluding carboxylic acids is 1. The van der Waals surface area contributed by atoms with E-state index in [9.17, 15) is 10.0 Å². The van der Waals surface area contributed by atoms with Crippen molar-refractivity contribution in [3.63, 3.8) is 0 Å². The summed E-state index contributed by atoms with van der Waals surface area (Å²) in [4.78, 5) is 17.8. The summed E-state index contributed by atoms with van der Waals surface area (Å²) >= 11 is 0. The van der Waals surface area contributed by atoms with E-state index in [0.29, 0.717) is 34.8 Å². The highest BCUT2D eigenvalue weighted by molar-refractivity contribution is 5.94. The molecule has 0 aliphatic carbocycles. The molecule has 22 heavy (non-hydrogen) atoms. The van der Waals surface area contributed by atoms with Crippen LogP contribution in [0.1, 0.15) is 15.9 Å². The van der Waals surface area contributed by atoms with E-state index >= 15 is 0 Å². The van der Waals surface area contributed by atoms with Gasteiger partial charge >= 0.3 is 0 Å². The van der Waals surface area contributed by atoms with Crippen molar-refractivity contribution in [3.05, 3.63) is 59.2 Å². The molecule has 1 aliphatic heterocycles. The van der Waals surface area contributed by atoms with E-state index in [2.05, 4.69) is 4.98 Å². The number of amides is 1. The third-order valence-electron chi connectivity index (χ3n) is 3.31. The molecule has 1 amide bonds. The fraction of sp³-hybridized carbons (Fsp3) is 0.200. The van der Waals surface area contributed by atoms with Gasteiger partial charge in [-0.25, -0.2) is 4.98 Å². The lowest BCUT2D eigenvalue weighted by molar-refractivity contribution is -0.605. The van der Waals surface area contributed by atoms with Crippen LogP contribution in [0.4, 0.5) is 0 Å². The van der Waals surface area contributed by atoms with Gasteiger partial charge in [-0.2, -0.15) is 9.99 Å². The van der Waals surface area contributed by atoms with Crippen LogP contribution in [0.2, 0.25) is 0 Å². The zero-order valence-electron chi connectivity index (χ0n) is 11.5. The van der Waals surface area contributed by atoms with E-state index in [1.807, 2.05) is 6.07 Å². The standard InChI is InChI=1S/C15H12N4O3/c16-7-11-3-4-17-14(6-11)22-13-9-18(10-13)15(20)12-2-1-5-19(21)8-12/h1-6,8,13H,9-10H2. The molecule has 1 saturated heterocycles. The van der Waals surface area contributed by atoms with Gasteiger partial charge in [0.05, 0.1) is 24.7 Å². The van der Waals surface area contributed by atoms with Crippen LogP contribution < -0.4 is 9.47 Å². The Morgan fingerprint density at radius 1 is 1.50 bits per heavy atom. The number of ether oxygens (including phenoxy) is 1. The molecule has 0 unspecified atom stereocenters. The van der Waals surface area contributed by atoms with E-state index in [4.69, 9.17) is 10.00 Å². The maximum absolute atomic E-state index is 12.1. The molecule has 0 N–H and O–H groups in total. The monoisotopic (exact) mass is 296 g/mol. The first-order valence-electron chi connectivity index (χ1n) is 6.66. The lowest BCUT2D eigenvalue weighted by atomic mass is 10.1. The molecule has 1 fully saturated rings. The van der Waals surface area contributed by atoms with Gasteiger partial charge in [-0.1, -0.05) is 0 Å². The van der Waals surface area contributed by atoms with Crippen LogP contribution in [0, 0.1) is 16.5 Å². The molecule has 7 nitrogen and oxygen atoms in total. The van der Waals surface area contributed by atoms with Crippen LogP contribution >= 0.6 is 0 Å². The second kappa shape index (κ2) is 5.69. The second-order valence-electron chi connectivity index (χ2n) is 4.90. The number of aromatic nitrogens is 2. The second-order valence-corrected chi connectivity index (χ2v) is 4.90. The fourth-order valence-electron chi connectivity index (χ4n) is 2.16. The van der Waals surface area contributed by atoms with Crippen molar-refractivity contribution in [1.82, 2.24) is 9.88 Å². The molecule has 1 aliphatic rings. The van der Waals surface area contributed by atoms with Crippen LogP contribution in [0.3, 0.4) is 0 Å². The van der Waals surface area contributed by atoms with Crippen molar-refractivity contribution in [2.75, 3.05) is 13.1 Å². The van der Waals surface area contributed by atoms with Crippen molar-refractivity contribution in [2.45, 2.75) is 6.10 Å². The van der Waals surface area contributed by atoms with Crippen molar-refractivity contribution in [1.29, 1.82) is 5.26 Å². The van der Waals surface area contributed by atoms with Crippen LogP contribution in [-0.4, -0.2) is 35.0 Å². The number of likely N-dealkylation sites (tertiary alicyclic amines) is 1. The van der Waals surface area contributed by atoms with Crippen LogP contribution in [0.15, 0.2) is 42.9 Å². The van der Waals surface area contributed by atoms with E-state index in [1.165, 1.54) is 24.7 Å². The molecule has 0 saturated carbocycles. The van der Waals surface area contributed by atoms with Gasteiger partial charge in [-0.05, 0) is 12.1 Å². The van der Waals surface area contributed by atoms with Gasteiger partial charge in [0.1, 0.15) is 11.7 Å². The highest BCUT2D eigenvalue weighted by Gasteiger charge is 2.33. The number of carbonyl (C=O) groups is 1. The third kappa shape index (κ3) is 2.81. The SMILES string of the molecule is N#Cc1ccnc(OC2CN(C(=O)c3ccc[n+]([O-])c3)C2)c1. The quantitative estimate of drug-likeness (QED) is 0.607. The molecule has 3 heterocycles. The molecule has 7 heteroatoms. The van der Waals surface area contributed by atoms with Gasteiger partial charge in [-0.3, -0.25) is 4.79 Å². The fourth-order valence-corrected chi connectivity index (χ4v) is 2.16. The topological polar surface area (TPSA) is 93.2 Å². The summed E-state index contributed by atoms with van der Waals surface area (Å²) in [5, 5.41) is 20.0. The summed E-state index contributed by atoms with van der Waals surface area (Å²) < 4.78 is 6.21. The summed E-state index contributed by atoms with van der Waals surface area (Å²) in [7, 11) is 0. The molecular formula is C15H12N4O3. The number of pyridine rings is 2. The van der Waals surface area contributed by atoms with Gasteiger partial charge in [-0.15, -0.1) is 0 Å². The van der Waals surface area contributed by atoms with Gasteiger partial charge in [0.25, 0.3) is 5.91 Å². The predicted molar refractivity (Wildman–Crippen MR) is 74.7 cm³/mol. The number of rotatable bonds is 3. The maximum atomic E-state index is 12.1. The minimum absolute atomic E-state index is 0.159. The lowest BCUT2D eigenvalue weighted by Gasteiger charge is -2.38. The third-order valence-corrected chi connectivity index (χ3v) is 3.31. The lowest BCUT2D eigenvalue weighted by Crippen LogP contribution is -2.56. The zero-order valence-corrected chi connectivity index (χ0v) is 11.5. The van der Waals surface area contributed by atoms with Crippen LogP contribution in [0.5, 0.6) is 5.88 Å². The smallest absolute Gasteiger partial charge is 0.260 e. The zero-order chi connectivity index (χ0) is 15.5. The van der Waals surface area contributed by atoms with Gasteiger partial charge in [0.2, 0.25) is 5.88 Å². The van der Waals surface area contributed by atoms with Crippen molar-refractivity contribution in [3.8, 4) is 11.9 Å². The molecule has 0 bridgehead atoms. The van der Waals surface area contributed by atoms with Gasteiger partial charge < -0.3 is 14.8 Å². The number of nitrogens with zero attached hydrogens (tertiary/aromatic N) is 4. The number of nitriles is 1. The summed E-state index contributed by atoms with van der Waals surface area (Å²) in [6.07, 6.45) is 3.92.